The minimum absolute atomic E-state index is 0.00732. The summed E-state index contributed by atoms with van der Waals surface area (Å²) in [6, 6.07) is 7.92. The Morgan fingerprint density at radius 1 is 1.45 bits per heavy atom. The van der Waals surface area contributed by atoms with Gasteiger partial charge in [-0.2, -0.15) is 0 Å². The summed E-state index contributed by atoms with van der Waals surface area (Å²) in [5.41, 5.74) is 7.40. The van der Waals surface area contributed by atoms with Crippen molar-refractivity contribution in [2.45, 2.75) is 32.0 Å². The number of likely N-dealkylation sites (N-methyl/N-ethyl adjacent to an activating group) is 1. The van der Waals surface area contributed by atoms with Crippen molar-refractivity contribution >= 4 is 11.6 Å². The molecule has 0 aliphatic carbocycles. The number of carbonyl (C=O) groups excluding carboxylic acids is 1. The van der Waals surface area contributed by atoms with Crippen molar-refractivity contribution < 1.29 is 9.53 Å². The summed E-state index contributed by atoms with van der Waals surface area (Å²) in [5.74, 6) is -0.00732. The Morgan fingerprint density at radius 2 is 2.15 bits per heavy atom. The number of anilines is 1. The number of rotatable bonds is 5. The molecular weight excluding hydrogens is 254 g/mol. The number of amides is 1. The van der Waals surface area contributed by atoms with Gasteiger partial charge in [-0.3, -0.25) is 9.69 Å². The molecule has 1 fully saturated rings. The zero-order chi connectivity index (χ0) is 14.5. The summed E-state index contributed by atoms with van der Waals surface area (Å²) < 4.78 is 5.53. The first-order valence-electron chi connectivity index (χ1n) is 7.01. The summed E-state index contributed by atoms with van der Waals surface area (Å²) in [5, 5.41) is 2.90. The van der Waals surface area contributed by atoms with Gasteiger partial charge in [0.25, 0.3) is 0 Å². The monoisotopic (exact) mass is 277 g/mol. The second-order valence-electron chi connectivity index (χ2n) is 5.30. The molecule has 1 saturated heterocycles. The molecule has 2 rings (SSSR count). The van der Waals surface area contributed by atoms with Gasteiger partial charge in [-0.15, -0.1) is 0 Å². The van der Waals surface area contributed by atoms with Crippen molar-refractivity contribution in [3.05, 3.63) is 29.8 Å². The first kappa shape index (κ1) is 15.0. The second kappa shape index (κ2) is 6.83. The topological polar surface area (TPSA) is 67.6 Å². The Labute approximate surface area is 120 Å². The van der Waals surface area contributed by atoms with Gasteiger partial charge < -0.3 is 15.8 Å². The summed E-state index contributed by atoms with van der Waals surface area (Å²) in [4.78, 5) is 14.1. The molecule has 20 heavy (non-hydrogen) atoms. The van der Waals surface area contributed by atoms with Crippen molar-refractivity contribution in [3.8, 4) is 0 Å². The number of nitrogens with one attached hydrogen (secondary N) is 1. The first-order valence-corrected chi connectivity index (χ1v) is 7.01. The Balaban J connectivity index is 1.85. The lowest BCUT2D eigenvalue weighted by atomic mass is 10.1. The zero-order valence-electron chi connectivity index (χ0n) is 12.1. The zero-order valence-corrected chi connectivity index (χ0v) is 12.1. The summed E-state index contributed by atoms with van der Waals surface area (Å²) >= 11 is 0. The van der Waals surface area contributed by atoms with Crippen LogP contribution in [0.15, 0.2) is 24.3 Å². The maximum Gasteiger partial charge on any atom is 0.238 e. The number of carbonyl (C=O) groups is 1. The van der Waals surface area contributed by atoms with Crippen LogP contribution in [0.1, 0.15) is 18.9 Å². The first-order chi connectivity index (χ1) is 9.60. The van der Waals surface area contributed by atoms with Gasteiger partial charge in [0.1, 0.15) is 0 Å². The minimum atomic E-state index is -0.00732. The molecule has 1 heterocycles. The predicted molar refractivity (Wildman–Crippen MR) is 79.4 cm³/mol. The molecule has 5 nitrogen and oxygen atoms in total. The van der Waals surface area contributed by atoms with Crippen LogP contribution in [0.25, 0.3) is 0 Å². The summed E-state index contributed by atoms with van der Waals surface area (Å²) in [7, 11) is 1.97. The van der Waals surface area contributed by atoms with Crippen LogP contribution in [0.3, 0.4) is 0 Å². The molecule has 1 aromatic rings. The van der Waals surface area contributed by atoms with Crippen molar-refractivity contribution in [3.63, 3.8) is 0 Å². The Kier molecular flexibility index (Phi) is 5.11. The third kappa shape index (κ3) is 3.79. The number of hydrogen-bond acceptors (Lipinski definition) is 4. The van der Waals surface area contributed by atoms with Gasteiger partial charge in [0.15, 0.2) is 0 Å². The van der Waals surface area contributed by atoms with E-state index in [0.29, 0.717) is 19.1 Å². The van der Waals surface area contributed by atoms with Gasteiger partial charge in [0.05, 0.1) is 12.6 Å². The number of nitrogens with two attached hydrogens (primary N) is 1. The van der Waals surface area contributed by atoms with Crippen LogP contribution in [-0.4, -0.2) is 43.2 Å². The maximum absolute atomic E-state index is 12.0. The Bertz CT molecular complexity index is 447. The molecule has 0 radical (unpaired) electrons. The van der Waals surface area contributed by atoms with Gasteiger partial charge >= 0.3 is 0 Å². The van der Waals surface area contributed by atoms with Crippen LogP contribution in [0.5, 0.6) is 0 Å². The molecule has 2 unspecified atom stereocenters. The van der Waals surface area contributed by atoms with Crippen LogP contribution in [0.2, 0.25) is 0 Å². The molecule has 0 bridgehead atoms. The summed E-state index contributed by atoms with van der Waals surface area (Å²) in [6.45, 7) is 3.71. The quantitative estimate of drug-likeness (QED) is 0.848. The van der Waals surface area contributed by atoms with E-state index in [4.69, 9.17) is 10.5 Å². The van der Waals surface area contributed by atoms with Crippen LogP contribution in [0, 0.1) is 0 Å². The van der Waals surface area contributed by atoms with E-state index in [2.05, 4.69) is 17.1 Å². The van der Waals surface area contributed by atoms with E-state index in [1.165, 1.54) is 0 Å². The van der Waals surface area contributed by atoms with Crippen LogP contribution in [0.4, 0.5) is 5.69 Å². The van der Waals surface area contributed by atoms with E-state index in [9.17, 15) is 4.79 Å². The highest BCUT2D eigenvalue weighted by Crippen LogP contribution is 2.18. The van der Waals surface area contributed by atoms with E-state index in [1.807, 2.05) is 31.3 Å². The standard InChI is InChI=1S/C15H23N3O2/c1-11-14(7-8-20-11)18(2)10-15(19)17-13-5-3-12(9-16)4-6-13/h3-6,11,14H,7-10,16H2,1-2H3,(H,17,19). The highest BCUT2D eigenvalue weighted by Gasteiger charge is 2.28. The third-order valence-electron chi connectivity index (χ3n) is 3.77. The fourth-order valence-corrected chi connectivity index (χ4v) is 2.57. The van der Waals surface area contributed by atoms with E-state index in [0.717, 1.165) is 24.3 Å². The Morgan fingerprint density at radius 3 is 2.70 bits per heavy atom. The molecule has 1 aliphatic rings. The van der Waals surface area contributed by atoms with E-state index >= 15 is 0 Å². The van der Waals surface area contributed by atoms with Crippen LogP contribution in [-0.2, 0) is 16.1 Å². The highest BCUT2D eigenvalue weighted by molar-refractivity contribution is 5.92. The molecule has 110 valence electrons. The second-order valence-corrected chi connectivity index (χ2v) is 5.30. The number of ether oxygens (including phenoxy) is 1. The van der Waals surface area contributed by atoms with Crippen molar-refractivity contribution in [1.82, 2.24) is 4.90 Å². The molecule has 2 atom stereocenters. The van der Waals surface area contributed by atoms with Gasteiger partial charge in [-0.1, -0.05) is 12.1 Å². The van der Waals surface area contributed by atoms with Crippen molar-refractivity contribution in [2.75, 3.05) is 25.5 Å². The van der Waals surface area contributed by atoms with E-state index in [-0.39, 0.29) is 12.0 Å². The van der Waals surface area contributed by atoms with Crippen molar-refractivity contribution in [1.29, 1.82) is 0 Å². The minimum Gasteiger partial charge on any atom is -0.377 e. The van der Waals surface area contributed by atoms with Crippen LogP contribution >= 0.6 is 0 Å². The average molecular weight is 277 g/mol. The fourth-order valence-electron chi connectivity index (χ4n) is 2.57. The highest BCUT2D eigenvalue weighted by atomic mass is 16.5. The lowest BCUT2D eigenvalue weighted by Crippen LogP contribution is -2.41. The van der Waals surface area contributed by atoms with Gasteiger partial charge in [0.2, 0.25) is 5.91 Å². The number of hydrogen-bond donors (Lipinski definition) is 2. The molecule has 3 N–H and O–H groups in total. The smallest absolute Gasteiger partial charge is 0.238 e. The summed E-state index contributed by atoms with van der Waals surface area (Å²) in [6.07, 6.45) is 1.17. The number of benzene rings is 1. The number of nitrogens with zero attached hydrogens (tertiary/aromatic N) is 1. The normalized spacial score (nSPS) is 22.2. The van der Waals surface area contributed by atoms with Gasteiger partial charge in [-0.25, -0.2) is 0 Å². The van der Waals surface area contributed by atoms with Gasteiger partial charge in [-0.05, 0) is 38.1 Å². The van der Waals surface area contributed by atoms with E-state index < -0.39 is 0 Å². The molecule has 0 saturated carbocycles. The fraction of sp³-hybridized carbons (Fsp3) is 0.533. The average Bonchev–Trinajstić information content (AvgIpc) is 2.86. The molecule has 0 spiro atoms. The molecule has 0 aromatic heterocycles. The largest absolute Gasteiger partial charge is 0.377 e. The lowest BCUT2D eigenvalue weighted by molar-refractivity contribution is -0.117. The van der Waals surface area contributed by atoms with Gasteiger partial charge in [0, 0.05) is 24.9 Å². The van der Waals surface area contributed by atoms with Crippen LogP contribution < -0.4 is 11.1 Å². The molecule has 1 aliphatic heterocycles. The molecule has 5 heteroatoms. The predicted octanol–water partition coefficient (Wildman–Crippen LogP) is 1.19. The lowest BCUT2D eigenvalue weighted by Gasteiger charge is -2.25. The third-order valence-corrected chi connectivity index (χ3v) is 3.77. The molecular formula is C15H23N3O2. The maximum atomic E-state index is 12.0. The molecule has 1 aromatic carbocycles. The van der Waals surface area contributed by atoms with E-state index in [1.54, 1.807) is 0 Å². The SMILES string of the molecule is CC1OCCC1N(C)CC(=O)Nc1ccc(CN)cc1. The Hall–Kier alpha value is -1.43. The van der Waals surface area contributed by atoms with Crippen molar-refractivity contribution in [2.24, 2.45) is 5.73 Å². The molecule has 1 amide bonds.